The van der Waals surface area contributed by atoms with Gasteiger partial charge in [-0.3, -0.25) is 4.68 Å². The third-order valence-corrected chi connectivity index (χ3v) is 2.17. The van der Waals surface area contributed by atoms with Crippen LogP contribution in [0.15, 0.2) is 0 Å². The maximum absolute atomic E-state index is 8.95. The highest BCUT2D eigenvalue weighted by molar-refractivity contribution is 5.36. The Morgan fingerprint density at radius 2 is 2.31 bits per heavy atom. The molecule has 0 spiro atoms. The third kappa shape index (κ3) is 1.12. The van der Waals surface area contributed by atoms with Crippen molar-refractivity contribution < 1.29 is 4.74 Å². The minimum absolute atomic E-state index is 0.236. The maximum Gasteiger partial charge on any atom is 0.144 e. The first-order chi connectivity index (χ1) is 6.24. The molecule has 1 aromatic heterocycles. The number of rotatable bonds is 1. The monoisotopic (exact) mass is 177 g/mol. The first kappa shape index (κ1) is 8.27. The Hall–Kier alpha value is -1.34. The molecule has 2 heterocycles. The highest BCUT2D eigenvalue weighted by Gasteiger charge is 2.23. The average Bonchev–Trinajstić information content (AvgIpc) is 2.60. The molecule has 4 nitrogen and oxygen atoms in total. The predicted octanol–water partition coefficient (Wildman–Crippen LogP) is 1.37. The maximum atomic E-state index is 8.95. The molecule has 1 aliphatic heterocycles. The SMILES string of the molecule is CC(C)n1nc2c(c1C#N)COC2. The largest absolute Gasteiger partial charge is 0.370 e. The van der Waals surface area contributed by atoms with Crippen molar-refractivity contribution in [1.82, 2.24) is 9.78 Å². The lowest BCUT2D eigenvalue weighted by atomic mass is 10.2. The minimum atomic E-state index is 0.236. The highest BCUT2D eigenvalue weighted by atomic mass is 16.5. The van der Waals surface area contributed by atoms with E-state index in [4.69, 9.17) is 10.00 Å². The lowest BCUT2D eigenvalue weighted by Gasteiger charge is -2.06. The van der Waals surface area contributed by atoms with Gasteiger partial charge in [0.2, 0.25) is 0 Å². The van der Waals surface area contributed by atoms with E-state index in [1.54, 1.807) is 4.68 Å². The summed E-state index contributed by atoms with van der Waals surface area (Å²) in [4.78, 5) is 0. The summed E-state index contributed by atoms with van der Waals surface area (Å²) in [5, 5.41) is 13.3. The Bertz CT molecular complexity index is 373. The van der Waals surface area contributed by atoms with Gasteiger partial charge in [0.05, 0.1) is 18.9 Å². The van der Waals surface area contributed by atoms with E-state index in [1.165, 1.54) is 0 Å². The molecule has 0 saturated heterocycles. The van der Waals surface area contributed by atoms with Gasteiger partial charge in [0, 0.05) is 11.6 Å². The van der Waals surface area contributed by atoms with Crippen LogP contribution in [0.1, 0.15) is 36.8 Å². The van der Waals surface area contributed by atoms with Gasteiger partial charge in [0.15, 0.2) is 0 Å². The molecule has 0 aliphatic carbocycles. The molecule has 1 aromatic rings. The Labute approximate surface area is 76.7 Å². The second kappa shape index (κ2) is 2.86. The zero-order chi connectivity index (χ0) is 9.42. The number of aromatic nitrogens is 2. The van der Waals surface area contributed by atoms with Gasteiger partial charge in [-0.15, -0.1) is 0 Å². The molecule has 0 saturated carbocycles. The average molecular weight is 177 g/mol. The van der Waals surface area contributed by atoms with Crippen LogP contribution in [-0.4, -0.2) is 9.78 Å². The van der Waals surface area contributed by atoms with Crippen molar-refractivity contribution in [2.24, 2.45) is 0 Å². The zero-order valence-corrected chi connectivity index (χ0v) is 7.74. The van der Waals surface area contributed by atoms with Gasteiger partial charge in [-0.25, -0.2) is 0 Å². The molecule has 0 amide bonds. The van der Waals surface area contributed by atoms with Gasteiger partial charge in [0.25, 0.3) is 0 Å². The van der Waals surface area contributed by atoms with E-state index in [-0.39, 0.29) is 6.04 Å². The molecule has 0 atom stereocenters. The van der Waals surface area contributed by atoms with Crippen LogP contribution in [0.4, 0.5) is 0 Å². The third-order valence-electron chi connectivity index (χ3n) is 2.17. The van der Waals surface area contributed by atoms with Crippen molar-refractivity contribution in [3.05, 3.63) is 17.0 Å². The summed E-state index contributed by atoms with van der Waals surface area (Å²) in [5.74, 6) is 0. The molecule has 0 aromatic carbocycles. The second-order valence-corrected chi connectivity index (χ2v) is 3.42. The fourth-order valence-corrected chi connectivity index (χ4v) is 1.53. The molecule has 0 bridgehead atoms. The Morgan fingerprint density at radius 1 is 1.54 bits per heavy atom. The van der Waals surface area contributed by atoms with Crippen molar-refractivity contribution in [1.29, 1.82) is 5.26 Å². The highest BCUT2D eigenvalue weighted by Crippen LogP contribution is 2.24. The Balaban J connectivity index is 2.55. The number of fused-ring (bicyclic) bond motifs is 1. The van der Waals surface area contributed by atoms with Gasteiger partial charge in [-0.2, -0.15) is 10.4 Å². The fourth-order valence-electron chi connectivity index (χ4n) is 1.53. The minimum Gasteiger partial charge on any atom is -0.370 e. The number of nitrogens with zero attached hydrogens (tertiary/aromatic N) is 3. The van der Waals surface area contributed by atoms with Crippen LogP contribution in [0, 0.1) is 11.3 Å². The van der Waals surface area contributed by atoms with Crippen LogP contribution < -0.4 is 0 Å². The normalized spacial score (nSPS) is 14.6. The quantitative estimate of drug-likeness (QED) is 0.650. The summed E-state index contributed by atoms with van der Waals surface area (Å²) >= 11 is 0. The fraction of sp³-hybridized carbons (Fsp3) is 0.556. The molecular weight excluding hydrogens is 166 g/mol. The lowest BCUT2D eigenvalue weighted by molar-refractivity contribution is 0.130. The summed E-state index contributed by atoms with van der Waals surface area (Å²) in [6.07, 6.45) is 0. The lowest BCUT2D eigenvalue weighted by Crippen LogP contribution is -2.07. The second-order valence-electron chi connectivity index (χ2n) is 3.42. The van der Waals surface area contributed by atoms with E-state index in [0.29, 0.717) is 18.9 Å². The van der Waals surface area contributed by atoms with E-state index < -0.39 is 0 Å². The van der Waals surface area contributed by atoms with E-state index >= 15 is 0 Å². The van der Waals surface area contributed by atoms with Gasteiger partial charge in [0.1, 0.15) is 11.8 Å². The molecule has 1 aliphatic rings. The molecule has 0 unspecified atom stereocenters. The standard InChI is InChI=1S/C9H11N3O/c1-6(2)12-9(3-10)7-4-13-5-8(7)11-12/h6H,4-5H2,1-2H3. The predicted molar refractivity (Wildman–Crippen MR) is 45.8 cm³/mol. The number of ether oxygens (including phenoxy) is 1. The summed E-state index contributed by atoms with van der Waals surface area (Å²) < 4.78 is 6.98. The number of hydrogen-bond donors (Lipinski definition) is 0. The molecule has 0 fully saturated rings. The van der Waals surface area contributed by atoms with Crippen molar-refractivity contribution in [2.45, 2.75) is 33.1 Å². The van der Waals surface area contributed by atoms with E-state index in [0.717, 1.165) is 11.3 Å². The van der Waals surface area contributed by atoms with Crippen LogP contribution >= 0.6 is 0 Å². The Kier molecular flexibility index (Phi) is 1.82. The van der Waals surface area contributed by atoms with Crippen LogP contribution in [-0.2, 0) is 18.0 Å². The summed E-state index contributed by atoms with van der Waals surface area (Å²) in [6, 6.07) is 2.41. The molecular formula is C9H11N3O. The summed E-state index contributed by atoms with van der Waals surface area (Å²) in [7, 11) is 0. The van der Waals surface area contributed by atoms with Crippen molar-refractivity contribution >= 4 is 0 Å². The molecule has 13 heavy (non-hydrogen) atoms. The summed E-state index contributed by atoms with van der Waals surface area (Å²) in [5.41, 5.74) is 2.55. The van der Waals surface area contributed by atoms with Gasteiger partial charge < -0.3 is 4.74 Å². The van der Waals surface area contributed by atoms with Crippen LogP contribution in [0.25, 0.3) is 0 Å². The zero-order valence-electron chi connectivity index (χ0n) is 7.74. The van der Waals surface area contributed by atoms with Crippen molar-refractivity contribution in [2.75, 3.05) is 0 Å². The van der Waals surface area contributed by atoms with Crippen molar-refractivity contribution in [3.63, 3.8) is 0 Å². The van der Waals surface area contributed by atoms with Crippen LogP contribution in [0.5, 0.6) is 0 Å². The smallest absolute Gasteiger partial charge is 0.144 e. The summed E-state index contributed by atoms with van der Waals surface area (Å²) in [6.45, 7) is 5.11. The molecule has 2 rings (SSSR count). The van der Waals surface area contributed by atoms with Crippen LogP contribution in [0.3, 0.4) is 0 Å². The number of nitriles is 1. The molecule has 4 heteroatoms. The van der Waals surface area contributed by atoms with Gasteiger partial charge >= 0.3 is 0 Å². The molecule has 0 N–H and O–H groups in total. The van der Waals surface area contributed by atoms with Crippen LogP contribution in [0.2, 0.25) is 0 Å². The first-order valence-corrected chi connectivity index (χ1v) is 4.32. The first-order valence-electron chi connectivity index (χ1n) is 4.32. The molecule has 0 radical (unpaired) electrons. The van der Waals surface area contributed by atoms with Gasteiger partial charge in [-0.1, -0.05) is 0 Å². The number of hydrogen-bond acceptors (Lipinski definition) is 3. The van der Waals surface area contributed by atoms with E-state index in [1.807, 2.05) is 13.8 Å². The van der Waals surface area contributed by atoms with Crippen molar-refractivity contribution in [3.8, 4) is 6.07 Å². The van der Waals surface area contributed by atoms with E-state index in [2.05, 4.69) is 11.2 Å². The molecule has 68 valence electrons. The Morgan fingerprint density at radius 3 is 2.92 bits per heavy atom. The van der Waals surface area contributed by atoms with Gasteiger partial charge in [-0.05, 0) is 13.8 Å². The van der Waals surface area contributed by atoms with E-state index in [9.17, 15) is 0 Å². The topological polar surface area (TPSA) is 50.8 Å².